The molecule has 0 N–H and O–H groups in total. The van der Waals surface area contributed by atoms with Crippen molar-refractivity contribution in [3.05, 3.63) is 39.0 Å². The van der Waals surface area contributed by atoms with E-state index >= 15 is 0 Å². The molecule has 2 aromatic rings. The monoisotopic (exact) mass is 329 g/mol. The smallest absolute Gasteiger partial charge is 0.343 e. The largest absolute Gasteiger partial charge is 0.465 e. The van der Waals surface area contributed by atoms with Crippen molar-refractivity contribution in [2.75, 3.05) is 7.11 Å². The lowest BCUT2D eigenvalue weighted by Crippen LogP contribution is -2.03. The van der Waals surface area contributed by atoms with E-state index in [1.165, 1.54) is 7.11 Å². The molecule has 1 aromatic carbocycles. The summed E-state index contributed by atoms with van der Waals surface area (Å²) in [6.45, 7) is 1.65. The molecular formula is C12H9BrClNO3. The van der Waals surface area contributed by atoms with Crippen LogP contribution in [0.2, 0.25) is 5.02 Å². The van der Waals surface area contributed by atoms with E-state index in [2.05, 4.69) is 21.1 Å². The number of nitrogens with zero attached hydrogens (tertiary/aromatic N) is 1. The van der Waals surface area contributed by atoms with Gasteiger partial charge in [0, 0.05) is 15.1 Å². The first-order chi connectivity index (χ1) is 8.54. The quantitative estimate of drug-likeness (QED) is 0.785. The van der Waals surface area contributed by atoms with Crippen molar-refractivity contribution in [2.24, 2.45) is 0 Å². The predicted molar refractivity (Wildman–Crippen MR) is 70.7 cm³/mol. The lowest BCUT2D eigenvalue weighted by Gasteiger charge is -2.04. The van der Waals surface area contributed by atoms with E-state index in [0.29, 0.717) is 27.6 Å². The number of halogens is 2. The van der Waals surface area contributed by atoms with E-state index in [0.717, 1.165) is 4.47 Å². The molecule has 0 aliphatic heterocycles. The number of methoxy groups -OCH3 is 1. The third kappa shape index (κ3) is 2.28. The average molecular weight is 331 g/mol. The highest BCUT2D eigenvalue weighted by molar-refractivity contribution is 9.10. The summed E-state index contributed by atoms with van der Waals surface area (Å²) in [5.41, 5.74) is 1.40. The van der Waals surface area contributed by atoms with Gasteiger partial charge in [0.15, 0.2) is 0 Å². The Morgan fingerprint density at radius 1 is 1.50 bits per heavy atom. The van der Waals surface area contributed by atoms with Crippen LogP contribution < -0.4 is 0 Å². The van der Waals surface area contributed by atoms with Gasteiger partial charge in [0.1, 0.15) is 17.0 Å². The number of esters is 1. The molecular weight excluding hydrogens is 321 g/mol. The van der Waals surface area contributed by atoms with Gasteiger partial charge in [0.05, 0.1) is 7.11 Å². The Morgan fingerprint density at radius 3 is 2.89 bits per heavy atom. The lowest BCUT2D eigenvalue weighted by atomic mass is 10.1. The summed E-state index contributed by atoms with van der Waals surface area (Å²) in [5, 5.41) is 4.44. The van der Waals surface area contributed by atoms with Crippen LogP contribution >= 0.6 is 27.5 Å². The van der Waals surface area contributed by atoms with Crippen LogP contribution in [0.4, 0.5) is 0 Å². The maximum absolute atomic E-state index is 11.7. The molecule has 0 amide bonds. The minimum absolute atomic E-state index is 0.306. The molecule has 0 spiro atoms. The average Bonchev–Trinajstić information content (AvgIpc) is 2.73. The highest BCUT2D eigenvalue weighted by atomic mass is 79.9. The van der Waals surface area contributed by atoms with Gasteiger partial charge in [0.25, 0.3) is 0 Å². The van der Waals surface area contributed by atoms with E-state index in [-0.39, 0.29) is 0 Å². The number of hydrogen-bond acceptors (Lipinski definition) is 4. The summed E-state index contributed by atoms with van der Waals surface area (Å²) in [7, 11) is 1.31. The fraction of sp³-hybridized carbons (Fsp3) is 0.167. The summed E-state index contributed by atoms with van der Waals surface area (Å²) in [5.74, 6) is -0.0839. The minimum atomic E-state index is -0.490. The Kier molecular flexibility index (Phi) is 3.73. The minimum Gasteiger partial charge on any atom is -0.465 e. The number of carbonyl (C=O) groups is 1. The Hall–Kier alpha value is -1.33. The maximum Gasteiger partial charge on any atom is 0.343 e. The third-order valence-corrected chi connectivity index (χ3v) is 3.36. The van der Waals surface area contributed by atoms with E-state index in [4.69, 9.17) is 20.9 Å². The summed E-state index contributed by atoms with van der Waals surface area (Å²) in [6, 6.07) is 5.22. The van der Waals surface area contributed by atoms with Crippen molar-refractivity contribution < 1.29 is 14.1 Å². The van der Waals surface area contributed by atoms with Crippen LogP contribution in [0.25, 0.3) is 11.3 Å². The van der Waals surface area contributed by atoms with Crippen LogP contribution in [0.15, 0.2) is 27.2 Å². The SMILES string of the molecule is COC(=O)c1c(-c2cc(Cl)ccc2Br)noc1C. The van der Waals surface area contributed by atoms with Gasteiger partial charge in [-0.15, -0.1) is 0 Å². The second-order valence-corrected chi connectivity index (χ2v) is 4.87. The van der Waals surface area contributed by atoms with E-state index in [1.807, 2.05) is 0 Å². The van der Waals surface area contributed by atoms with Gasteiger partial charge in [-0.2, -0.15) is 0 Å². The van der Waals surface area contributed by atoms with Gasteiger partial charge >= 0.3 is 5.97 Å². The lowest BCUT2D eigenvalue weighted by molar-refractivity contribution is 0.0599. The number of rotatable bonds is 2. The Labute approximate surface area is 117 Å². The molecule has 0 saturated carbocycles. The summed E-state index contributed by atoms with van der Waals surface area (Å²) in [4.78, 5) is 11.7. The van der Waals surface area contributed by atoms with Crippen molar-refractivity contribution >= 4 is 33.5 Å². The van der Waals surface area contributed by atoms with Gasteiger partial charge in [0.2, 0.25) is 0 Å². The molecule has 0 radical (unpaired) electrons. The summed E-state index contributed by atoms with van der Waals surface area (Å²) in [6.07, 6.45) is 0. The number of benzene rings is 1. The molecule has 1 aromatic heterocycles. The van der Waals surface area contributed by atoms with Crippen LogP contribution in [0.1, 0.15) is 16.1 Å². The summed E-state index contributed by atoms with van der Waals surface area (Å²) < 4.78 is 10.5. The van der Waals surface area contributed by atoms with Crippen molar-refractivity contribution in [3.8, 4) is 11.3 Å². The van der Waals surface area contributed by atoms with Crippen LogP contribution in [0.3, 0.4) is 0 Å². The molecule has 0 aliphatic rings. The van der Waals surface area contributed by atoms with Crippen LogP contribution in [-0.2, 0) is 4.74 Å². The highest BCUT2D eigenvalue weighted by Crippen LogP contribution is 2.33. The topological polar surface area (TPSA) is 52.3 Å². The number of ether oxygens (including phenoxy) is 1. The first-order valence-electron chi connectivity index (χ1n) is 5.04. The Bertz CT molecular complexity index is 609. The van der Waals surface area contributed by atoms with E-state index in [9.17, 15) is 4.79 Å². The standard InChI is InChI=1S/C12H9BrClNO3/c1-6-10(12(16)17-2)11(15-18-6)8-5-7(14)3-4-9(8)13/h3-5H,1-2H3. The van der Waals surface area contributed by atoms with E-state index in [1.54, 1.807) is 25.1 Å². The van der Waals surface area contributed by atoms with Crippen LogP contribution in [-0.4, -0.2) is 18.2 Å². The van der Waals surface area contributed by atoms with Gasteiger partial charge < -0.3 is 9.26 Å². The van der Waals surface area contributed by atoms with Crippen molar-refractivity contribution in [1.29, 1.82) is 0 Å². The molecule has 4 nitrogen and oxygen atoms in total. The normalized spacial score (nSPS) is 10.4. The predicted octanol–water partition coefficient (Wildman–Crippen LogP) is 3.85. The van der Waals surface area contributed by atoms with Crippen LogP contribution in [0.5, 0.6) is 0 Å². The molecule has 2 rings (SSSR count). The fourth-order valence-electron chi connectivity index (χ4n) is 1.58. The van der Waals surface area contributed by atoms with Gasteiger partial charge in [-0.25, -0.2) is 4.79 Å². The van der Waals surface area contributed by atoms with Gasteiger partial charge in [-0.05, 0) is 25.1 Å². The highest BCUT2D eigenvalue weighted by Gasteiger charge is 2.23. The first-order valence-corrected chi connectivity index (χ1v) is 6.21. The second kappa shape index (κ2) is 5.12. The molecule has 0 unspecified atom stereocenters. The Balaban J connectivity index is 2.64. The zero-order chi connectivity index (χ0) is 13.3. The molecule has 0 aliphatic carbocycles. The van der Waals surface area contributed by atoms with Crippen molar-refractivity contribution in [1.82, 2.24) is 5.16 Å². The van der Waals surface area contributed by atoms with Crippen LogP contribution in [0, 0.1) is 6.92 Å². The molecule has 1 heterocycles. The fourth-order valence-corrected chi connectivity index (χ4v) is 2.18. The zero-order valence-corrected chi connectivity index (χ0v) is 12.0. The molecule has 0 bridgehead atoms. The van der Waals surface area contributed by atoms with Crippen molar-refractivity contribution in [3.63, 3.8) is 0 Å². The number of aromatic nitrogens is 1. The molecule has 0 fully saturated rings. The zero-order valence-electron chi connectivity index (χ0n) is 9.66. The third-order valence-electron chi connectivity index (χ3n) is 2.44. The molecule has 18 heavy (non-hydrogen) atoms. The maximum atomic E-state index is 11.7. The molecule has 0 atom stereocenters. The summed E-state index contributed by atoms with van der Waals surface area (Å²) >= 11 is 9.33. The van der Waals surface area contributed by atoms with Gasteiger partial charge in [-0.1, -0.05) is 32.7 Å². The molecule has 94 valence electrons. The van der Waals surface area contributed by atoms with Gasteiger partial charge in [-0.3, -0.25) is 0 Å². The molecule has 0 saturated heterocycles. The molecule has 6 heteroatoms. The first kappa shape index (κ1) is 13.1. The number of carbonyl (C=O) groups excluding carboxylic acids is 1. The number of aryl methyl sites for hydroxylation is 1. The second-order valence-electron chi connectivity index (χ2n) is 3.58. The Morgan fingerprint density at radius 2 is 2.22 bits per heavy atom. The van der Waals surface area contributed by atoms with Crippen molar-refractivity contribution in [2.45, 2.75) is 6.92 Å². The number of hydrogen-bond donors (Lipinski definition) is 0. The van der Waals surface area contributed by atoms with E-state index < -0.39 is 5.97 Å².